The van der Waals surface area contributed by atoms with E-state index in [1.165, 1.54) is 0 Å². The maximum atomic E-state index is 4.39. The van der Waals surface area contributed by atoms with Gasteiger partial charge >= 0.3 is 0 Å². The number of nitrogens with zero attached hydrogens (tertiary/aromatic N) is 1. The van der Waals surface area contributed by atoms with Gasteiger partial charge in [-0.25, -0.2) is 4.98 Å². The molecule has 1 rings (SSSR count). The Balaban J connectivity index is 1.98. The van der Waals surface area contributed by atoms with E-state index in [0.717, 1.165) is 42.8 Å². The summed E-state index contributed by atoms with van der Waals surface area (Å²) < 4.78 is 0. The fraction of sp³-hybridized carbons (Fsp3) is 0.727. The third kappa shape index (κ3) is 5.87. The Morgan fingerprint density at radius 1 is 1.33 bits per heavy atom. The largest absolute Gasteiger partial charge is 0.315 e. The van der Waals surface area contributed by atoms with Crippen molar-refractivity contribution in [1.29, 1.82) is 0 Å². The summed E-state index contributed by atoms with van der Waals surface area (Å²) in [5, 5.41) is 10.0. The molecule has 0 saturated heterocycles. The van der Waals surface area contributed by atoms with E-state index >= 15 is 0 Å². The summed E-state index contributed by atoms with van der Waals surface area (Å²) in [7, 11) is 0. The van der Waals surface area contributed by atoms with Crippen molar-refractivity contribution >= 4 is 11.3 Å². The number of nitrogens with one attached hydrogen (secondary N) is 2. The lowest BCUT2D eigenvalue weighted by molar-refractivity contribution is 0.534. The summed E-state index contributed by atoms with van der Waals surface area (Å²) in [6.45, 7) is 10.5. The highest BCUT2D eigenvalue weighted by Gasteiger charge is 1.97. The molecule has 2 N–H and O–H groups in total. The van der Waals surface area contributed by atoms with E-state index in [9.17, 15) is 0 Å². The van der Waals surface area contributed by atoms with E-state index in [1.54, 1.807) is 11.3 Å². The minimum Gasteiger partial charge on any atom is -0.315 e. The van der Waals surface area contributed by atoms with Gasteiger partial charge in [0, 0.05) is 25.0 Å². The van der Waals surface area contributed by atoms with Crippen molar-refractivity contribution in [3.05, 3.63) is 16.1 Å². The van der Waals surface area contributed by atoms with E-state index < -0.39 is 0 Å². The van der Waals surface area contributed by atoms with Crippen molar-refractivity contribution in [2.75, 3.05) is 19.6 Å². The van der Waals surface area contributed by atoms with Crippen molar-refractivity contribution < 1.29 is 0 Å². The second kappa shape index (κ2) is 6.93. The molecule has 86 valence electrons. The quantitative estimate of drug-likeness (QED) is 0.697. The second-order valence-electron chi connectivity index (χ2n) is 4.13. The number of aryl methyl sites for hydroxylation is 1. The average Bonchev–Trinajstić information content (AvgIpc) is 2.57. The van der Waals surface area contributed by atoms with Crippen molar-refractivity contribution in [1.82, 2.24) is 15.6 Å². The van der Waals surface area contributed by atoms with Gasteiger partial charge in [0.15, 0.2) is 0 Å². The van der Waals surface area contributed by atoms with Crippen LogP contribution in [0.4, 0.5) is 0 Å². The normalized spacial score (nSPS) is 11.2. The molecular weight excluding hydrogens is 206 g/mol. The van der Waals surface area contributed by atoms with Crippen molar-refractivity contribution in [3.8, 4) is 0 Å². The third-order valence-corrected chi connectivity index (χ3v) is 2.83. The molecule has 0 aliphatic carbocycles. The van der Waals surface area contributed by atoms with Gasteiger partial charge < -0.3 is 10.6 Å². The summed E-state index contributed by atoms with van der Waals surface area (Å²) in [6.07, 6.45) is 0. The Morgan fingerprint density at radius 2 is 2.07 bits per heavy atom. The summed E-state index contributed by atoms with van der Waals surface area (Å²) in [6, 6.07) is 0. The third-order valence-electron chi connectivity index (χ3n) is 2.00. The molecule has 0 aliphatic rings. The summed E-state index contributed by atoms with van der Waals surface area (Å²) in [5.41, 5.74) is 1.15. The molecule has 15 heavy (non-hydrogen) atoms. The molecule has 1 heterocycles. The first-order valence-electron chi connectivity index (χ1n) is 5.51. The monoisotopic (exact) mass is 227 g/mol. The first-order valence-corrected chi connectivity index (χ1v) is 6.39. The smallest absolute Gasteiger partial charge is 0.0897 e. The minimum absolute atomic E-state index is 0.728. The lowest BCUT2D eigenvalue weighted by Gasteiger charge is -2.07. The van der Waals surface area contributed by atoms with Crippen LogP contribution in [0.1, 0.15) is 24.5 Å². The van der Waals surface area contributed by atoms with Crippen LogP contribution in [0.25, 0.3) is 0 Å². The molecule has 0 aromatic carbocycles. The topological polar surface area (TPSA) is 37.0 Å². The van der Waals surface area contributed by atoms with Crippen LogP contribution in [0, 0.1) is 12.8 Å². The molecule has 0 amide bonds. The van der Waals surface area contributed by atoms with Gasteiger partial charge in [-0.3, -0.25) is 0 Å². The fourth-order valence-corrected chi connectivity index (χ4v) is 1.89. The summed E-state index contributed by atoms with van der Waals surface area (Å²) in [5.74, 6) is 0.728. The summed E-state index contributed by atoms with van der Waals surface area (Å²) in [4.78, 5) is 4.39. The van der Waals surface area contributed by atoms with E-state index in [0.29, 0.717) is 0 Å². The highest BCUT2D eigenvalue weighted by Crippen LogP contribution is 2.06. The van der Waals surface area contributed by atoms with Crippen LogP contribution in [0.3, 0.4) is 0 Å². The molecule has 0 unspecified atom stereocenters. The van der Waals surface area contributed by atoms with Gasteiger partial charge in [-0.15, -0.1) is 11.3 Å². The Kier molecular flexibility index (Phi) is 5.83. The molecule has 1 aromatic heterocycles. The number of thiazole rings is 1. The average molecular weight is 227 g/mol. The van der Waals surface area contributed by atoms with Gasteiger partial charge in [-0.1, -0.05) is 13.8 Å². The molecule has 0 spiro atoms. The van der Waals surface area contributed by atoms with E-state index in [4.69, 9.17) is 0 Å². The summed E-state index contributed by atoms with van der Waals surface area (Å²) >= 11 is 1.71. The predicted octanol–water partition coefficient (Wildman–Crippen LogP) is 1.79. The molecule has 0 saturated carbocycles. The Bertz CT molecular complexity index is 271. The van der Waals surface area contributed by atoms with E-state index in [1.807, 2.05) is 6.92 Å². The molecule has 0 fully saturated rings. The molecule has 0 atom stereocenters. The van der Waals surface area contributed by atoms with Crippen LogP contribution in [-0.2, 0) is 6.54 Å². The minimum atomic E-state index is 0.728. The lowest BCUT2D eigenvalue weighted by atomic mass is 10.2. The number of hydrogen-bond donors (Lipinski definition) is 2. The van der Waals surface area contributed by atoms with Gasteiger partial charge in [0.2, 0.25) is 0 Å². The van der Waals surface area contributed by atoms with Crippen LogP contribution in [-0.4, -0.2) is 24.6 Å². The lowest BCUT2D eigenvalue weighted by Crippen LogP contribution is -2.29. The first kappa shape index (κ1) is 12.6. The van der Waals surface area contributed by atoms with Gasteiger partial charge in [-0.2, -0.15) is 0 Å². The van der Waals surface area contributed by atoms with Crippen LogP contribution < -0.4 is 10.6 Å². The van der Waals surface area contributed by atoms with Crippen molar-refractivity contribution in [3.63, 3.8) is 0 Å². The first-order chi connectivity index (χ1) is 7.18. The molecule has 0 bridgehead atoms. The zero-order valence-corrected chi connectivity index (χ0v) is 10.7. The SMILES string of the molecule is Cc1nc(CNCCNCC(C)C)cs1. The number of aromatic nitrogens is 1. The van der Waals surface area contributed by atoms with Gasteiger partial charge in [0.1, 0.15) is 0 Å². The fourth-order valence-electron chi connectivity index (χ4n) is 1.27. The molecule has 4 heteroatoms. The van der Waals surface area contributed by atoms with Crippen LogP contribution in [0.5, 0.6) is 0 Å². The molecule has 3 nitrogen and oxygen atoms in total. The predicted molar refractivity (Wildman–Crippen MR) is 66.3 cm³/mol. The standard InChI is InChI=1S/C11H21N3S/c1-9(2)6-12-4-5-13-7-11-8-15-10(3)14-11/h8-9,12-13H,4-7H2,1-3H3. The Hall–Kier alpha value is -0.450. The number of hydrogen-bond acceptors (Lipinski definition) is 4. The molecule has 1 aromatic rings. The Morgan fingerprint density at radius 3 is 2.67 bits per heavy atom. The van der Waals surface area contributed by atoms with Crippen LogP contribution in [0.15, 0.2) is 5.38 Å². The maximum Gasteiger partial charge on any atom is 0.0897 e. The molecular formula is C11H21N3S. The zero-order chi connectivity index (χ0) is 11.1. The van der Waals surface area contributed by atoms with Crippen LogP contribution in [0.2, 0.25) is 0 Å². The highest BCUT2D eigenvalue weighted by molar-refractivity contribution is 7.09. The van der Waals surface area contributed by atoms with E-state index in [2.05, 4.69) is 34.8 Å². The van der Waals surface area contributed by atoms with E-state index in [-0.39, 0.29) is 0 Å². The highest BCUT2D eigenvalue weighted by atomic mass is 32.1. The zero-order valence-electron chi connectivity index (χ0n) is 9.84. The van der Waals surface area contributed by atoms with Gasteiger partial charge in [-0.05, 0) is 19.4 Å². The van der Waals surface area contributed by atoms with Crippen molar-refractivity contribution in [2.45, 2.75) is 27.3 Å². The van der Waals surface area contributed by atoms with Crippen molar-refractivity contribution in [2.24, 2.45) is 5.92 Å². The second-order valence-corrected chi connectivity index (χ2v) is 5.19. The molecule has 0 aliphatic heterocycles. The number of rotatable bonds is 7. The molecule has 0 radical (unpaired) electrons. The van der Waals surface area contributed by atoms with Gasteiger partial charge in [0.25, 0.3) is 0 Å². The Labute approximate surface area is 96.3 Å². The van der Waals surface area contributed by atoms with Gasteiger partial charge in [0.05, 0.1) is 10.7 Å². The van der Waals surface area contributed by atoms with Crippen LogP contribution >= 0.6 is 11.3 Å². The maximum absolute atomic E-state index is 4.39.